The number of aryl methyl sites for hydroxylation is 3. The number of hydrogen-bond acceptors (Lipinski definition) is 4. The summed E-state index contributed by atoms with van der Waals surface area (Å²) < 4.78 is 28.9. The van der Waals surface area contributed by atoms with Crippen LogP contribution < -0.4 is 9.62 Å². The minimum atomic E-state index is -4.08. The van der Waals surface area contributed by atoms with E-state index in [1.165, 1.54) is 4.90 Å². The summed E-state index contributed by atoms with van der Waals surface area (Å²) in [7, 11) is -4.08. The van der Waals surface area contributed by atoms with Crippen molar-refractivity contribution in [1.82, 2.24) is 10.2 Å². The summed E-state index contributed by atoms with van der Waals surface area (Å²) in [6.07, 6.45) is 0.750. The zero-order valence-electron chi connectivity index (χ0n) is 23.6. The smallest absolute Gasteiger partial charge is 0.264 e. The average Bonchev–Trinajstić information content (AvgIpc) is 2.89. The second kappa shape index (κ2) is 12.9. The van der Waals surface area contributed by atoms with Crippen LogP contribution in [0.4, 0.5) is 5.69 Å². The molecule has 0 saturated carbocycles. The number of carbonyl (C=O) groups excluding carboxylic acids is 2. The van der Waals surface area contributed by atoms with Gasteiger partial charge in [0.25, 0.3) is 10.0 Å². The Kier molecular flexibility index (Phi) is 9.92. The van der Waals surface area contributed by atoms with Crippen LogP contribution in [0.15, 0.2) is 77.7 Å². The van der Waals surface area contributed by atoms with E-state index in [2.05, 4.69) is 5.32 Å². The van der Waals surface area contributed by atoms with Gasteiger partial charge in [0.15, 0.2) is 0 Å². The predicted octanol–water partition coefficient (Wildman–Crippen LogP) is 5.14. The number of anilines is 1. The van der Waals surface area contributed by atoms with Gasteiger partial charge in [-0.3, -0.25) is 13.9 Å². The van der Waals surface area contributed by atoms with Crippen LogP contribution in [0.25, 0.3) is 0 Å². The predicted molar refractivity (Wildman–Crippen MR) is 156 cm³/mol. The molecule has 0 aromatic heterocycles. The summed E-state index contributed by atoms with van der Waals surface area (Å²) in [5.41, 5.74) is 4.06. The summed E-state index contributed by atoms with van der Waals surface area (Å²) in [6.45, 7) is 11.0. The zero-order valence-corrected chi connectivity index (χ0v) is 24.5. The molecule has 3 rings (SSSR count). The maximum atomic E-state index is 14.0. The van der Waals surface area contributed by atoms with Crippen LogP contribution in [-0.2, 0) is 26.2 Å². The molecule has 3 aromatic carbocycles. The van der Waals surface area contributed by atoms with E-state index in [4.69, 9.17) is 0 Å². The maximum Gasteiger partial charge on any atom is 0.264 e. The molecule has 39 heavy (non-hydrogen) atoms. The molecule has 3 aromatic rings. The fourth-order valence-corrected chi connectivity index (χ4v) is 5.61. The number of amides is 2. The van der Waals surface area contributed by atoms with Crippen LogP contribution in [0, 0.1) is 20.8 Å². The lowest BCUT2D eigenvalue weighted by Crippen LogP contribution is -2.52. The molecule has 2 amide bonds. The van der Waals surface area contributed by atoms with Crippen molar-refractivity contribution < 1.29 is 18.0 Å². The molecule has 0 radical (unpaired) electrons. The van der Waals surface area contributed by atoms with Gasteiger partial charge in [0.2, 0.25) is 11.8 Å². The number of nitrogens with zero attached hydrogens (tertiary/aromatic N) is 2. The third kappa shape index (κ3) is 7.69. The fourth-order valence-electron chi connectivity index (χ4n) is 4.20. The summed E-state index contributed by atoms with van der Waals surface area (Å²) in [6, 6.07) is 20.5. The number of benzene rings is 3. The van der Waals surface area contributed by atoms with E-state index < -0.39 is 28.5 Å². The van der Waals surface area contributed by atoms with Crippen molar-refractivity contribution in [2.24, 2.45) is 0 Å². The summed E-state index contributed by atoms with van der Waals surface area (Å²) in [5.74, 6) is -0.755. The van der Waals surface area contributed by atoms with E-state index in [0.29, 0.717) is 5.69 Å². The Balaban J connectivity index is 2.03. The van der Waals surface area contributed by atoms with E-state index in [0.717, 1.165) is 33.0 Å². The van der Waals surface area contributed by atoms with Gasteiger partial charge in [0, 0.05) is 12.6 Å². The summed E-state index contributed by atoms with van der Waals surface area (Å²) >= 11 is 0. The minimum Gasteiger partial charge on any atom is -0.352 e. The molecule has 0 aliphatic rings. The van der Waals surface area contributed by atoms with E-state index in [1.54, 1.807) is 49.4 Å². The van der Waals surface area contributed by atoms with Crippen molar-refractivity contribution in [2.45, 2.75) is 71.5 Å². The first-order chi connectivity index (χ1) is 18.4. The summed E-state index contributed by atoms with van der Waals surface area (Å²) in [5, 5.41) is 2.95. The molecule has 0 saturated heterocycles. The van der Waals surface area contributed by atoms with E-state index in [1.807, 2.05) is 65.0 Å². The van der Waals surface area contributed by atoms with E-state index in [-0.39, 0.29) is 23.4 Å². The quantitative estimate of drug-likeness (QED) is 0.359. The lowest BCUT2D eigenvalue weighted by atomic mass is 10.1. The number of rotatable bonds is 11. The summed E-state index contributed by atoms with van der Waals surface area (Å²) in [4.78, 5) is 28.7. The van der Waals surface area contributed by atoms with Gasteiger partial charge in [-0.2, -0.15) is 0 Å². The Bertz CT molecular complexity index is 1400. The van der Waals surface area contributed by atoms with Crippen LogP contribution in [-0.4, -0.2) is 43.8 Å². The van der Waals surface area contributed by atoms with Crippen molar-refractivity contribution in [3.63, 3.8) is 0 Å². The van der Waals surface area contributed by atoms with Crippen LogP contribution in [0.2, 0.25) is 0 Å². The highest BCUT2D eigenvalue weighted by Crippen LogP contribution is 2.26. The highest BCUT2D eigenvalue weighted by Gasteiger charge is 2.32. The normalized spacial score (nSPS) is 12.9. The molecule has 0 aliphatic carbocycles. The van der Waals surface area contributed by atoms with Crippen molar-refractivity contribution in [2.75, 3.05) is 10.8 Å². The topological polar surface area (TPSA) is 86.8 Å². The molecule has 1 N–H and O–H groups in total. The Hall–Kier alpha value is -3.65. The number of nitrogens with one attached hydrogen (secondary N) is 1. The van der Waals surface area contributed by atoms with Crippen LogP contribution >= 0.6 is 0 Å². The van der Waals surface area contributed by atoms with Gasteiger partial charge < -0.3 is 10.2 Å². The number of sulfonamides is 1. The SMILES string of the molecule is CCC(C)NC(=O)C(C)N(Cc1cccc(C)c1)C(=O)CN(c1cccc(C)c1)S(=O)(=O)c1ccc(C)cc1. The van der Waals surface area contributed by atoms with Crippen molar-refractivity contribution in [3.05, 3.63) is 95.1 Å². The Morgan fingerprint density at radius 3 is 2.05 bits per heavy atom. The second-order valence-electron chi connectivity index (χ2n) is 10.2. The first-order valence-corrected chi connectivity index (χ1v) is 14.7. The van der Waals surface area contributed by atoms with Crippen molar-refractivity contribution in [1.29, 1.82) is 0 Å². The third-order valence-corrected chi connectivity index (χ3v) is 8.57. The highest BCUT2D eigenvalue weighted by molar-refractivity contribution is 7.92. The monoisotopic (exact) mass is 549 g/mol. The Morgan fingerprint density at radius 2 is 1.46 bits per heavy atom. The maximum absolute atomic E-state index is 14.0. The highest BCUT2D eigenvalue weighted by atomic mass is 32.2. The molecular formula is C31H39N3O4S. The van der Waals surface area contributed by atoms with Gasteiger partial charge in [-0.15, -0.1) is 0 Å². The fraction of sp³-hybridized carbons (Fsp3) is 0.355. The zero-order chi connectivity index (χ0) is 28.7. The van der Waals surface area contributed by atoms with Gasteiger partial charge in [-0.1, -0.05) is 66.6 Å². The van der Waals surface area contributed by atoms with Crippen LogP contribution in [0.1, 0.15) is 49.4 Å². The first-order valence-electron chi connectivity index (χ1n) is 13.2. The van der Waals surface area contributed by atoms with Gasteiger partial charge in [-0.25, -0.2) is 8.42 Å². The average molecular weight is 550 g/mol. The van der Waals surface area contributed by atoms with Gasteiger partial charge in [0.05, 0.1) is 10.6 Å². The molecule has 0 aliphatic heterocycles. The Labute approximate surface area is 232 Å². The molecule has 2 unspecified atom stereocenters. The van der Waals surface area contributed by atoms with Gasteiger partial charge >= 0.3 is 0 Å². The molecule has 0 heterocycles. The van der Waals surface area contributed by atoms with Gasteiger partial charge in [0.1, 0.15) is 12.6 Å². The molecule has 8 heteroatoms. The third-order valence-electron chi connectivity index (χ3n) is 6.78. The lowest BCUT2D eigenvalue weighted by molar-refractivity contribution is -0.139. The molecule has 0 bridgehead atoms. The van der Waals surface area contributed by atoms with E-state index in [9.17, 15) is 18.0 Å². The van der Waals surface area contributed by atoms with Crippen LogP contribution in [0.5, 0.6) is 0 Å². The molecular weight excluding hydrogens is 510 g/mol. The minimum absolute atomic E-state index is 0.0541. The second-order valence-corrected chi connectivity index (χ2v) is 12.0. The van der Waals surface area contributed by atoms with E-state index >= 15 is 0 Å². The lowest BCUT2D eigenvalue weighted by Gasteiger charge is -2.32. The standard InChI is InChI=1S/C31H39N3O4S/c1-7-25(5)32-31(36)26(6)33(20-27-12-8-10-23(3)18-27)30(35)21-34(28-13-9-11-24(4)19-28)39(37,38)29-16-14-22(2)15-17-29/h8-19,25-26H,7,20-21H2,1-6H3,(H,32,36). The number of hydrogen-bond donors (Lipinski definition) is 1. The van der Waals surface area contributed by atoms with Crippen LogP contribution in [0.3, 0.4) is 0 Å². The largest absolute Gasteiger partial charge is 0.352 e. The molecule has 208 valence electrons. The molecule has 0 fully saturated rings. The Morgan fingerprint density at radius 1 is 0.846 bits per heavy atom. The molecule has 7 nitrogen and oxygen atoms in total. The van der Waals surface area contributed by atoms with Gasteiger partial charge in [-0.05, 0) is 76.4 Å². The first kappa shape index (κ1) is 29.9. The van der Waals surface area contributed by atoms with Crippen molar-refractivity contribution in [3.8, 4) is 0 Å². The number of carbonyl (C=O) groups is 2. The molecule has 2 atom stereocenters. The molecule has 0 spiro atoms. The van der Waals surface area contributed by atoms with Crippen molar-refractivity contribution >= 4 is 27.5 Å².